The minimum Gasteiger partial charge on any atom is -0.352 e. The Morgan fingerprint density at radius 3 is 1.83 bits per heavy atom. The summed E-state index contributed by atoms with van der Waals surface area (Å²) < 4.78 is 0. The van der Waals surface area contributed by atoms with E-state index in [1.807, 2.05) is 50.4 Å². The average Bonchev–Trinajstić information content (AvgIpc) is 2.67. The van der Waals surface area contributed by atoms with Crippen molar-refractivity contribution in [2.75, 3.05) is 27.7 Å². The molecule has 2 N–H and O–H groups in total. The Labute approximate surface area is 189 Å². The molecule has 166 valence electrons. The number of anilines is 3. The zero-order chi connectivity index (χ0) is 22.7. The minimum atomic E-state index is -0.0622. The molecule has 0 saturated carbocycles. The van der Waals surface area contributed by atoms with E-state index in [1.54, 1.807) is 4.90 Å². The zero-order valence-electron chi connectivity index (χ0n) is 18.8. The highest BCUT2D eigenvalue weighted by Gasteiger charge is 2.17. The number of benzene rings is 1. The molecule has 0 atom stereocenters. The van der Waals surface area contributed by atoms with Crippen molar-refractivity contribution in [2.24, 2.45) is 0 Å². The van der Waals surface area contributed by atoms with Crippen molar-refractivity contribution < 1.29 is 4.79 Å². The van der Waals surface area contributed by atoms with Gasteiger partial charge in [-0.05, 0) is 59.9 Å². The fourth-order valence-electron chi connectivity index (χ4n) is 2.48. The summed E-state index contributed by atoms with van der Waals surface area (Å²) in [5.74, 6) is 1.20. The summed E-state index contributed by atoms with van der Waals surface area (Å²) in [6, 6.07) is 10.3. The first kappa shape index (κ1) is 26.0. The number of carbonyl (C=O) groups is 1. The smallest absolute Gasteiger partial charge is 0.242 e. The molecule has 0 unspecified atom stereocenters. The molecule has 0 fully saturated rings. The van der Waals surface area contributed by atoms with E-state index in [0.717, 1.165) is 10.8 Å². The Hall–Kier alpha value is -2.06. The van der Waals surface area contributed by atoms with E-state index in [-0.39, 0.29) is 17.8 Å². The van der Waals surface area contributed by atoms with Gasteiger partial charge in [0.15, 0.2) is 5.16 Å². The number of halogens is 1. The van der Waals surface area contributed by atoms with Crippen molar-refractivity contribution in [3.63, 3.8) is 0 Å². The Morgan fingerprint density at radius 2 is 1.47 bits per heavy atom. The SMILES string of the molecule is CC(C)N(C(=O)CCl)c1ccccc1.CSc1nc(NC(C)C)nc(NC(C)C)n1. The van der Waals surface area contributed by atoms with E-state index < -0.39 is 0 Å². The van der Waals surface area contributed by atoms with Gasteiger partial charge in [0.25, 0.3) is 0 Å². The van der Waals surface area contributed by atoms with Gasteiger partial charge in [-0.1, -0.05) is 30.0 Å². The Morgan fingerprint density at radius 1 is 0.967 bits per heavy atom. The number of amides is 1. The molecule has 1 heterocycles. The second-order valence-corrected chi connectivity index (χ2v) is 8.43. The third kappa shape index (κ3) is 9.17. The summed E-state index contributed by atoms with van der Waals surface area (Å²) in [5.41, 5.74) is 0.896. The molecule has 7 nitrogen and oxygen atoms in total. The number of para-hydroxylation sites is 1. The molecule has 1 aromatic heterocycles. The normalized spacial score (nSPS) is 10.6. The van der Waals surface area contributed by atoms with Crippen LogP contribution in [-0.2, 0) is 4.79 Å². The number of nitrogens with one attached hydrogen (secondary N) is 2. The predicted octanol–water partition coefficient (Wildman–Crippen LogP) is 4.90. The topological polar surface area (TPSA) is 83.0 Å². The lowest BCUT2D eigenvalue weighted by atomic mass is 10.2. The standard InChI is InChI=1S/C11H14ClNO.C10H19N5S/c1-9(2)13(11(14)8-12)10-6-4-3-5-7-10;1-6(2)11-8-13-9(12-7(3)4)15-10(14-8)16-5/h3-7,9H,8H2,1-2H3;6-7H,1-5H3,(H2,11,12,13,14,15). The van der Waals surface area contributed by atoms with Gasteiger partial charge < -0.3 is 15.5 Å². The zero-order valence-corrected chi connectivity index (χ0v) is 20.4. The van der Waals surface area contributed by atoms with Crippen molar-refractivity contribution in [2.45, 2.75) is 64.8 Å². The minimum absolute atomic E-state index is 0.0209. The fourth-order valence-corrected chi connectivity index (χ4v) is 2.96. The van der Waals surface area contributed by atoms with Gasteiger partial charge in [-0.2, -0.15) is 15.0 Å². The van der Waals surface area contributed by atoms with Crippen molar-refractivity contribution >= 4 is 46.9 Å². The maximum atomic E-state index is 11.5. The molecule has 30 heavy (non-hydrogen) atoms. The van der Waals surface area contributed by atoms with Gasteiger partial charge in [-0.15, -0.1) is 11.6 Å². The molecule has 1 amide bonds. The van der Waals surface area contributed by atoms with Crippen LogP contribution in [0.3, 0.4) is 0 Å². The predicted molar refractivity (Wildman–Crippen MR) is 129 cm³/mol. The Balaban J connectivity index is 0.000000303. The monoisotopic (exact) mass is 452 g/mol. The molecule has 0 aliphatic rings. The highest BCUT2D eigenvalue weighted by Crippen LogP contribution is 2.17. The lowest BCUT2D eigenvalue weighted by Crippen LogP contribution is -2.37. The van der Waals surface area contributed by atoms with Crippen LogP contribution < -0.4 is 15.5 Å². The van der Waals surface area contributed by atoms with E-state index in [0.29, 0.717) is 24.0 Å². The van der Waals surface area contributed by atoms with Crippen LogP contribution >= 0.6 is 23.4 Å². The van der Waals surface area contributed by atoms with Gasteiger partial charge in [-0.3, -0.25) is 4.79 Å². The molecule has 0 bridgehead atoms. The van der Waals surface area contributed by atoms with Crippen molar-refractivity contribution in [1.29, 1.82) is 0 Å². The fraction of sp³-hybridized carbons (Fsp3) is 0.524. The van der Waals surface area contributed by atoms with Crippen LogP contribution in [0, 0.1) is 0 Å². The van der Waals surface area contributed by atoms with Crippen LogP contribution in [-0.4, -0.2) is 51.1 Å². The first-order valence-electron chi connectivity index (χ1n) is 9.94. The summed E-state index contributed by atoms with van der Waals surface area (Å²) in [4.78, 5) is 26.1. The Kier molecular flexibility index (Phi) is 11.5. The molecular formula is C21H33ClN6OS. The Bertz CT molecular complexity index is 745. The summed E-state index contributed by atoms with van der Waals surface area (Å²) in [5, 5.41) is 7.08. The van der Waals surface area contributed by atoms with Crippen LogP contribution in [0.1, 0.15) is 41.5 Å². The van der Waals surface area contributed by atoms with Crippen LogP contribution in [0.5, 0.6) is 0 Å². The summed E-state index contributed by atoms with van der Waals surface area (Å²) in [6.45, 7) is 12.2. The number of nitrogens with zero attached hydrogens (tertiary/aromatic N) is 4. The lowest BCUT2D eigenvalue weighted by molar-refractivity contribution is -0.116. The van der Waals surface area contributed by atoms with E-state index in [9.17, 15) is 4.79 Å². The van der Waals surface area contributed by atoms with Crippen molar-refractivity contribution in [3.05, 3.63) is 30.3 Å². The number of thioether (sulfide) groups is 1. The van der Waals surface area contributed by atoms with E-state index in [4.69, 9.17) is 11.6 Å². The molecule has 1 aromatic carbocycles. The van der Waals surface area contributed by atoms with Crippen LogP contribution in [0.25, 0.3) is 0 Å². The van der Waals surface area contributed by atoms with Gasteiger partial charge in [0.1, 0.15) is 5.88 Å². The summed E-state index contributed by atoms with van der Waals surface area (Å²) >= 11 is 7.06. The third-order valence-electron chi connectivity index (χ3n) is 3.57. The number of aromatic nitrogens is 3. The highest BCUT2D eigenvalue weighted by molar-refractivity contribution is 7.98. The summed E-state index contributed by atoms with van der Waals surface area (Å²) in [7, 11) is 0. The molecule has 0 saturated heterocycles. The number of hydrogen-bond donors (Lipinski definition) is 2. The van der Waals surface area contributed by atoms with Crippen LogP contribution in [0.15, 0.2) is 35.5 Å². The molecule has 0 aliphatic heterocycles. The second kappa shape index (κ2) is 13.3. The van der Waals surface area contributed by atoms with Gasteiger partial charge in [0, 0.05) is 23.8 Å². The van der Waals surface area contributed by atoms with E-state index >= 15 is 0 Å². The van der Waals surface area contributed by atoms with Crippen molar-refractivity contribution in [3.8, 4) is 0 Å². The van der Waals surface area contributed by atoms with Crippen LogP contribution in [0.2, 0.25) is 0 Å². The number of carbonyl (C=O) groups excluding carboxylic acids is 1. The van der Waals surface area contributed by atoms with Gasteiger partial charge in [-0.25, -0.2) is 0 Å². The van der Waals surface area contributed by atoms with Crippen LogP contribution in [0.4, 0.5) is 17.6 Å². The number of alkyl halides is 1. The number of rotatable bonds is 8. The van der Waals surface area contributed by atoms with E-state index in [2.05, 4.69) is 53.3 Å². The number of hydrogen-bond acceptors (Lipinski definition) is 7. The maximum absolute atomic E-state index is 11.5. The highest BCUT2D eigenvalue weighted by atomic mass is 35.5. The summed E-state index contributed by atoms with van der Waals surface area (Å²) in [6.07, 6.45) is 1.95. The van der Waals surface area contributed by atoms with Gasteiger partial charge in [0.05, 0.1) is 0 Å². The molecular weight excluding hydrogens is 420 g/mol. The van der Waals surface area contributed by atoms with Crippen molar-refractivity contribution in [1.82, 2.24) is 15.0 Å². The largest absolute Gasteiger partial charge is 0.352 e. The quantitative estimate of drug-likeness (QED) is 0.435. The molecule has 0 aliphatic carbocycles. The maximum Gasteiger partial charge on any atom is 0.242 e. The third-order valence-corrected chi connectivity index (χ3v) is 4.34. The molecule has 2 rings (SSSR count). The molecule has 2 aromatic rings. The molecule has 0 radical (unpaired) electrons. The molecule has 0 spiro atoms. The first-order chi connectivity index (χ1) is 14.2. The molecule has 9 heteroatoms. The lowest BCUT2D eigenvalue weighted by Gasteiger charge is -2.25. The van der Waals surface area contributed by atoms with Gasteiger partial charge >= 0.3 is 0 Å². The first-order valence-corrected chi connectivity index (χ1v) is 11.7. The van der Waals surface area contributed by atoms with E-state index in [1.165, 1.54) is 11.8 Å². The second-order valence-electron chi connectivity index (χ2n) is 7.39. The van der Waals surface area contributed by atoms with Gasteiger partial charge in [0.2, 0.25) is 17.8 Å². The average molecular weight is 453 g/mol.